The Balaban J connectivity index is 2.97. The monoisotopic (exact) mass is 269 g/mol. The molecule has 0 saturated heterocycles. The van der Waals surface area contributed by atoms with Gasteiger partial charge in [0.2, 0.25) is 0 Å². The fraction of sp³-hybridized carbons (Fsp3) is 0.429. The maximum Gasteiger partial charge on any atom is 0.126 e. The van der Waals surface area contributed by atoms with Gasteiger partial charge in [-0.2, -0.15) is 0 Å². The summed E-state index contributed by atoms with van der Waals surface area (Å²) in [6.45, 7) is 1.27. The molecule has 0 aromatic heterocycles. The number of ether oxygens (including phenoxy) is 2. The van der Waals surface area contributed by atoms with Crippen molar-refractivity contribution in [3.8, 4) is 5.75 Å². The third kappa shape index (κ3) is 4.69. The first-order valence-corrected chi connectivity index (χ1v) is 6.31. The van der Waals surface area contributed by atoms with Crippen LogP contribution in [-0.2, 0) is 4.74 Å². The van der Waals surface area contributed by atoms with Crippen molar-refractivity contribution < 1.29 is 9.47 Å². The van der Waals surface area contributed by atoms with E-state index in [1.807, 2.05) is 18.2 Å². The highest BCUT2D eigenvalue weighted by Gasteiger charge is 2.04. The van der Waals surface area contributed by atoms with Crippen LogP contribution in [0.3, 0.4) is 0 Å². The summed E-state index contributed by atoms with van der Waals surface area (Å²) < 4.78 is 10.5. The average molecular weight is 270 g/mol. The molecule has 0 saturated carbocycles. The molecule has 1 rings (SSSR count). The molecular weight excluding hydrogens is 250 g/mol. The minimum absolute atomic E-state index is 0.593. The molecule has 18 heavy (non-hydrogen) atoms. The van der Waals surface area contributed by atoms with Crippen molar-refractivity contribution in [2.24, 2.45) is 5.73 Å². The Morgan fingerprint density at radius 2 is 2.17 bits per heavy atom. The molecule has 0 bridgehead atoms. The highest BCUT2D eigenvalue weighted by Crippen LogP contribution is 2.25. The second kappa shape index (κ2) is 8.14. The van der Waals surface area contributed by atoms with Crippen LogP contribution < -0.4 is 10.5 Å². The predicted octanol–water partition coefficient (Wildman–Crippen LogP) is 3.12. The summed E-state index contributed by atoms with van der Waals surface area (Å²) in [5.74, 6) is 0.806. The van der Waals surface area contributed by atoms with Gasteiger partial charge in [-0.3, -0.25) is 0 Å². The topological polar surface area (TPSA) is 44.5 Å². The molecule has 0 fully saturated rings. The van der Waals surface area contributed by atoms with Crippen molar-refractivity contribution in [1.82, 2.24) is 0 Å². The first-order valence-electron chi connectivity index (χ1n) is 5.93. The average Bonchev–Trinajstić information content (AvgIpc) is 2.36. The van der Waals surface area contributed by atoms with E-state index in [1.54, 1.807) is 14.2 Å². The zero-order valence-corrected chi connectivity index (χ0v) is 11.7. The molecular formula is C14H20ClNO2. The van der Waals surface area contributed by atoms with Crippen molar-refractivity contribution in [3.05, 3.63) is 34.4 Å². The van der Waals surface area contributed by atoms with Crippen LogP contribution in [0.5, 0.6) is 5.75 Å². The fourth-order valence-corrected chi connectivity index (χ4v) is 1.92. The van der Waals surface area contributed by atoms with Crippen molar-refractivity contribution in [2.75, 3.05) is 27.4 Å². The predicted molar refractivity (Wildman–Crippen MR) is 76.1 cm³/mol. The Morgan fingerprint density at radius 3 is 2.78 bits per heavy atom. The van der Waals surface area contributed by atoms with Crippen LogP contribution >= 0.6 is 11.6 Å². The standard InChI is InChI=1S/C14H20ClNO2/c1-17-10-11(4-3-7-16)8-12-9-13(15)5-6-14(12)18-2/h5-6,8-9H,3-4,7,10,16H2,1-2H3/b11-8+. The first kappa shape index (κ1) is 15.0. The highest BCUT2D eigenvalue weighted by atomic mass is 35.5. The maximum atomic E-state index is 6.00. The Hall–Kier alpha value is -1.03. The molecule has 100 valence electrons. The number of rotatable bonds is 7. The summed E-state index contributed by atoms with van der Waals surface area (Å²) in [5, 5.41) is 0.692. The summed E-state index contributed by atoms with van der Waals surface area (Å²) in [6.07, 6.45) is 3.92. The van der Waals surface area contributed by atoms with E-state index in [9.17, 15) is 0 Å². The summed E-state index contributed by atoms with van der Waals surface area (Å²) in [7, 11) is 3.34. The molecule has 0 heterocycles. The second-order valence-corrected chi connectivity index (χ2v) is 4.45. The van der Waals surface area contributed by atoms with Gasteiger partial charge in [-0.1, -0.05) is 11.6 Å². The minimum atomic E-state index is 0.593. The zero-order chi connectivity index (χ0) is 13.4. The second-order valence-electron chi connectivity index (χ2n) is 4.01. The molecule has 0 amide bonds. The Bertz CT molecular complexity index is 405. The molecule has 0 spiro atoms. The third-order valence-electron chi connectivity index (χ3n) is 2.58. The molecule has 3 nitrogen and oxygen atoms in total. The Kier molecular flexibility index (Phi) is 6.80. The van der Waals surface area contributed by atoms with Gasteiger partial charge in [0.05, 0.1) is 13.7 Å². The number of halogens is 1. The van der Waals surface area contributed by atoms with E-state index in [2.05, 4.69) is 6.08 Å². The van der Waals surface area contributed by atoms with Crippen LogP contribution in [0, 0.1) is 0 Å². The lowest BCUT2D eigenvalue weighted by Gasteiger charge is -2.09. The molecule has 0 atom stereocenters. The van der Waals surface area contributed by atoms with Crippen LogP contribution in [0.25, 0.3) is 6.08 Å². The van der Waals surface area contributed by atoms with Crippen LogP contribution in [0.1, 0.15) is 18.4 Å². The zero-order valence-electron chi connectivity index (χ0n) is 10.9. The van der Waals surface area contributed by atoms with E-state index in [-0.39, 0.29) is 0 Å². The Labute approximate surface area is 114 Å². The molecule has 2 N–H and O–H groups in total. The van der Waals surface area contributed by atoms with Gasteiger partial charge in [0.1, 0.15) is 5.75 Å². The molecule has 1 aromatic rings. The van der Waals surface area contributed by atoms with Gasteiger partial charge in [0.25, 0.3) is 0 Å². The van der Waals surface area contributed by atoms with Gasteiger partial charge in [-0.25, -0.2) is 0 Å². The molecule has 0 unspecified atom stereocenters. The highest BCUT2D eigenvalue weighted by molar-refractivity contribution is 6.30. The van der Waals surface area contributed by atoms with Crippen molar-refractivity contribution in [1.29, 1.82) is 0 Å². The van der Waals surface area contributed by atoms with Crippen molar-refractivity contribution in [2.45, 2.75) is 12.8 Å². The quantitative estimate of drug-likeness (QED) is 0.827. The fourth-order valence-electron chi connectivity index (χ4n) is 1.74. The summed E-state index contributed by atoms with van der Waals surface area (Å²) in [4.78, 5) is 0. The lowest BCUT2D eigenvalue weighted by molar-refractivity contribution is 0.223. The number of hydrogen-bond donors (Lipinski definition) is 1. The number of methoxy groups -OCH3 is 2. The largest absolute Gasteiger partial charge is 0.496 e. The van der Waals surface area contributed by atoms with Gasteiger partial charge in [-0.15, -0.1) is 0 Å². The lowest BCUT2D eigenvalue weighted by atomic mass is 10.1. The van der Waals surface area contributed by atoms with E-state index >= 15 is 0 Å². The smallest absolute Gasteiger partial charge is 0.126 e. The van der Waals surface area contributed by atoms with Gasteiger partial charge in [0.15, 0.2) is 0 Å². The van der Waals surface area contributed by atoms with Gasteiger partial charge in [-0.05, 0) is 49.2 Å². The van der Waals surface area contributed by atoms with Crippen molar-refractivity contribution in [3.63, 3.8) is 0 Å². The molecule has 4 heteroatoms. The van der Waals surface area contributed by atoms with E-state index in [1.165, 1.54) is 5.57 Å². The summed E-state index contributed by atoms with van der Waals surface area (Å²) in [6, 6.07) is 5.56. The number of nitrogens with two attached hydrogens (primary N) is 1. The summed E-state index contributed by atoms with van der Waals surface area (Å²) in [5.41, 5.74) is 7.68. The Morgan fingerprint density at radius 1 is 1.39 bits per heavy atom. The third-order valence-corrected chi connectivity index (χ3v) is 2.82. The normalized spacial score (nSPS) is 11.7. The first-order chi connectivity index (χ1) is 8.71. The SMILES string of the molecule is COC/C(=C/c1cc(Cl)ccc1OC)CCCN. The molecule has 1 aromatic carbocycles. The molecule has 0 aliphatic carbocycles. The number of hydrogen-bond acceptors (Lipinski definition) is 3. The van der Waals surface area contributed by atoms with Crippen molar-refractivity contribution >= 4 is 17.7 Å². The van der Waals surface area contributed by atoms with E-state index in [0.29, 0.717) is 18.2 Å². The maximum absolute atomic E-state index is 6.00. The molecule has 0 aliphatic rings. The minimum Gasteiger partial charge on any atom is -0.496 e. The van der Waals surface area contributed by atoms with Gasteiger partial charge in [0, 0.05) is 17.7 Å². The lowest BCUT2D eigenvalue weighted by Crippen LogP contribution is -2.02. The molecule has 0 aliphatic heterocycles. The number of benzene rings is 1. The van der Waals surface area contributed by atoms with Crippen LogP contribution in [0.2, 0.25) is 5.02 Å². The van der Waals surface area contributed by atoms with Gasteiger partial charge >= 0.3 is 0 Å². The van der Waals surface area contributed by atoms with Crippen LogP contribution in [0.15, 0.2) is 23.8 Å². The van der Waals surface area contributed by atoms with Crippen LogP contribution in [-0.4, -0.2) is 27.4 Å². The van der Waals surface area contributed by atoms with E-state index in [0.717, 1.165) is 24.2 Å². The van der Waals surface area contributed by atoms with E-state index in [4.69, 9.17) is 26.8 Å². The van der Waals surface area contributed by atoms with Crippen LogP contribution in [0.4, 0.5) is 0 Å². The summed E-state index contributed by atoms with van der Waals surface area (Å²) >= 11 is 6.00. The van der Waals surface area contributed by atoms with E-state index < -0.39 is 0 Å². The van der Waals surface area contributed by atoms with Gasteiger partial charge < -0.3 is 15.2 Å². The molecule has 0 radical (unpaired) electrons.